The van der Waals surface area contributed by atoms with Crippen molar-refractivity contribution < 1.29 is 18.9 Å². The van der Waals surface area contributed by atoms with E-state index >= 15 is 0 Å². The van der Waals surface area contributed by atoms with Crippen LogP contribution < -0.4 is 30.4 Å². The predicted octanol–water partition coefficient (Wildman–Crippen LogP) is 3.01. The Morgan fingerprint density at radius 3 is 1.18 bits per heavy atom. The standard InChI is InChI=1S/C20H22N4O4/c1-25-13-5-11(6-14(9-13)26-2)18-17(21)19(24-20(22)23-18)12-7-15(27-3)10-16(8-12)28-4/h5-10H,21H2,1-4H3,(H2,22,23,24). The summed E-state index contributed by atoms with van der Waals surface area (Å²) < 4.78 is 21.3. The molecule has 0 bridgehead atoms. The zero-order valence-corrected chi connectivity index (χ0v) is 16.1. The highest BCUT2D eigenvalue weighted by Gasteiger charge is 2.17. The lowest BCUT2D eigenvalue weighted by molar-refractivity contribution is 0.394. The molecule has 0 saturated carbocycles. The Morgan fingerprint density at radius 2 is 0.893 bits per heavy atom. The molecule has 0 aliphatic carbocycles. The van der Waals surface area contributed by atoms with Gasteiger partial charge in [0.05, 0.1) is 45.5 Å². The molecular weight excluding hydrogens is 360 g/mol. The third-order valence-electron chi connectivity index (χ3n) is 4.21. The monoisotopic (exact) mass is 382 g/mol. The van der Waals surface area contributed by atoms with Crippen molar-refractivity contribution >= 4 is 11.6 Å². The number of anilines is 2. The second-order valence-corrected chi connectivity index (χ2v) is 5.90. The highest BCUT2D eigenvalue weighted by atomic mass is 16.5. The van der Waals surface area contributed by atoms with E-state index in [-0.39, 0.29) is 5.95 Å². The van der Waals surface area contributed by atoms with Crippen LogP contribution in [0.15, 0.2) is 36.4 Å². The first kappa shape index (κ1) is 19.1. The molecule has 28 heavy (non-hydrogen) atoms. The maximum atomic E-state index is 6.44. The number of hydrogen-bond donors (Lipinski definition) is 2. The summed E-state index contributed by atoms with van der Waals surface area (Å²) in [5.41, 5.74) is 15.1. The fourth-order valence-corrected chi connectivity index (χ4v) is 2.82. The molecule has 0 aliphatic heterocycles. The fraction of sp³-hybridized carbons (Fsp3) is 0.200. The second kappa shape index (κ2) is 7.91. The number of aromatic nitrogens is 2. The van der Waals surface area contributed by atoms with Crippen molar-refractivity contribution in [3.63, 3.8) is 0 Å². The van der Waals surface area contributed by atoms with Crippen LogP contribution in [-0.4, -0.2) is 38.4 Å². The number of benzene rings is 2. The Balaban J connectivity index is 2.22. The van der Waals surface area contributed by atoms with E-state index in [1.54, 1.807) is 64.8 Å². The molecule has 0 saturated heterocycles. The van der Waals surface area contributed by atoms with E-state index in [2.05, 4.69) is 9.97 Å². The molecule has 0 atom stereocenters. The lowest BCUT2D eigenvalue weighted by Crippen LogP contribution is -2.05. The summed E-state index contributed by atoms with van der Waals surface area (Å²) in [6.07, 6.45) is 0. The summed E-state index contributed by atoms with van der Waals surface area (Å²) in [5.74, 6) is 2.51. The number of hydrogen-bond acceptors (Lipinski definition) is 8. The van der Waals surface area contributed by atoms with Gasteiger partial charge in [-0.3, -0.25) is 0 Å². The molecular formula is C20H22N4O4. The summed E-state index contributed by atoms with van der Waals surface area (Å²) in [6.45, 7) is 0. The second-order valence-electron chi connectivity index (χ2n) is 5.90. The van der Waals surface area contributed by atoms with Gasteiger partial charge >= 0.3 is 0 Å². The zero-order valence-electron chi connectivity index (χ0n) is 16.1. The van der Waals surface area contributed by atoms with Gasteiger partial charge in [0.15, 0.2) is 0 Å². The average Bonchev–Trinajstić information content (AvgIpc) is 2.73. The first-order valence-electron chi connectivity index (χ1n) is 8.39. The van der Waals surface area contributed by atoms with Gasteiger partial charge in [-0.05, 0) is 24.3 Å². The third-order valence-corrected chi connectivity index (χ3v) is 4.21. The molecule has 3 aromatic rings. The Hall–Kier alpha value is -3.68. The molecule has 1 heterocycles. The Kier molecular flexibility index (Phi) is 5.39. The van der Waals surface area contributed by atoms with Crippen molar-refractivity contribution in [3.8, 4) is 45.5 Å². The van der Waals surface area contributed by atoms with Crippen LogP contribution in [0, 0.1) is 0 Å². The first-order chi connectivity index (χ1) is 13.5. The van der Waals surface area contributed by atoms with E-state index in [1.807, 2.05) is 0 Å². The van der Waals surface area contributed by atoms with Crippen molar-refractivity contribution in [3.05, 3.63) is 36.4 Å². The molecule has 8 nitrogen and oxygen atoms in total. The smallest absolute Gasteiger partial charge is 0.221 e. The van der Waals surface area contributed by atoms with Crippen molar-refractivity contribution in [2.24, 2.45) is 0 Å². The number of nitrogen functional groups attached to an aromatic ring is 2. The number of nitrogens with zero attached hydrogens (tertiary/aromatic N) is 2. The molecule has 0 unspecified atom stereocenters. The van der Waals surface area contributed by atoms with Gasteiger partial charge in [-0.2, -0.15) is 0 Å². The zero-order chi connectivity index (χ0) is 20.3. The predicted molar refractivity (Wildman–Crippen MR) is 108 cm³/mol. The van der Waals surface area contributed by atoms with Crippen LogP contribution in [0.5, 0.6) is 23.0 Å². The van der Waals surface area contributed by atoms with Crippen LogP contribution in [0.3, 0.4) is 0 Å². The van der Waals surface area contributed by atoms with Crippen LogP contribution in [0.25, 0.3) is 22.5 Å². The van der Waals surface area contributed by atoms with E-state index in [4.69, 9.17) is 30.4 Å². The number of methoxy groups -OCH3 is 4. The van der Waals surface area contributed by atoms with Gasteiger partial charge in [0.1, 0.15) is 23.0 Å². The highest BCUT2D eigenvalue weighted by molar-refractivity contribution is 5.86. The van der Waals surface area contributed by atoms with Gasteiger partial charge in [0.2, 0.25) is 5.95 Å². The lowest BCUT2D eigenvalue weighted by atomic mass is 10.0. The highest BCUT2D eigenvalue weighted by Crippen LogP contribution is 2.38. The maximum Gasteiger partial charge on any atom is 0.221 e. The lowest BCUT2D eigenvalue weighted by Gasteiger charge is -2.14. The van der Waals surface area contributed by atoms with E-state index in [1.165, 1.54) is 0 Å². The van der Waals surface area contributed by atoms with Crippen molar-refractivity contribution in [1.29, 1.82) is 0 Å². The quantitative estimate of drug-likeness (QED) is 0.668. The van der Waals surface area contributed by atoms with Gasteiger partial charge in [-0.25, -0.2) is 9.97 Å². The van der Waals surface area contributed by atoms with Crippen molar-refractivity contribution in [2.45, 2.75) is 0 Å². The molecule has 8 heteroatoms. The summed E-state index contributed by atoms with van der Waals surface area (Å²) in [4.78, 5) is 8.67. The largest absolute Gasteiger partial charge is 0.497 e. The minimum absolute atomic E-state index is 0.0859. The molecule has 0 aliphatic rings. The molecule has 2 aromatic carbocycles. The summed E-state index contributed by atoms with van der Waals surface area (Å²) in [7, 11) is 6.29. The summed E-state index contributed by atoms with van der Waals surface area (Å²) in [5, 5.41) is 0. The first-order valence-corrected chi connectivity index (χ1v) is 8.39. The van der Waals surface area contributed by atoms with Crippen LogP contribution in [0.4, 0.5) is 11.6 Å². The van der Waals surface area contributed by atoms with E-state index in [0.717, 1.165) is 0 Å². The molecule has 0 spiro atoms. The van der Waals surface area contributed by atoms with Crippen molar-refractivity contribution in [2.75, 3.05) is 39.9 Å². The SMILES string of the molecule is COc1cc(OC)cc(-c2nc(N)nc(-c3cc(OC)cc(OC)c3)c2N)c1. The number of rotatable bonds is 6. The summed E-state index contributed by atoms with van der Waals surface area (Å²) in [6, 6.07) is 10.7. The van der Waals surface area contributed by atoms with E-state index in [0.29, 0.717) is 51.2 Å². The van der Waals surface area contributed by atoms with Crippen LogP contribution in [0.2, 0.25) is 0 Å². The Bertz CT molecular complexity index is 886. The molecule has 4 N–H and O–H groups in total. The van der Waals surface area contributed by atoms with Crippen molar-refractivity contribution in [1.82, 2.24) is 9.97 Å². The molecule has 3 rings (SSSR count). The molecule has 0 fully saturated rings. The topological polar surface area (TPSA) is 115 Å². The van der Waals surface area contributed by atoms with Gasteiger partial charge in [0, 0.05) is 23.3 Å². The van der Waals surface area contributed by atoms with E-state index < -0.39 is 0 Å². The normalized spacial score (nSPS) is 10.4. The number of nitrogens with two attached hydrogens (primary N) is 2. The average molecular weight is 382 g/mol. The Labute approximate surface area is 163 Å². The van der Waals surface area contributed by atoms with Gasteiger partial charge < -0.3 is 30.4 Å². The van der Waals surface area contributed by atoms with Crippen LogP contribution in [0.1, 0.15) is 0 Å². The van der Waals surface area contributed by atoms with Gasteiger partial charge in [-0.15, -0.1) is 0 Å². The van der Waals surface area contributed by atoms with E-state index in [9.17, 15) is 0 Å². The third kappa shape index (κ3) is 3.71. The molecule has 146 valence electrons. The molecule has 0 radical (unpaired) electrons. The van der Waals surface area contributed by atoms with Crippen LogP contribution >= 0.6 is 0 Å². The minimum Gasteiger partial charge on any atom is -0.497 e. The minimum atomic E-state index is 0.0859. The Morgan fingerprint density at radius 1 is 0.571 bits per heavy atom. The maximum absolute atomic E-state index is 6.44. The molecule has 0 amide bonds. The van der Waals surface area contributed by atoms with Crippen LogP contribution in [-0.2, 0) is 0 Å². The van der Waals surface area contributed by atoms with Gasteiger partial charge in [-0.1, -0.05) is 0 Å². The molecule has 1 aromatic heterocycles. The summed E-state index contributed by atoms with van der Waals surface area (Å²) >= 11 is 0. The fourth-order valence-electron chi connectivity index (χ4n) is 2.82. The van der Waals surface area contributed by atoms with Gasteiger partial charge in [0.25, 0.3) is 0 Å². The number of ether oxygens (including phenoxy) is 4.